The number of amides is 2. The van der Waals surface area contributed by atoms with Crippen LogP contribution in [0.3, 0.4) is 0 Å². The van der Waals surface area contributed by atoms with Crippen molar-refractivity contribution in [1.29, 1.82) is 0 Å². The minimum Gasteiger partial charge on any atom is -0.479 e. The second-order valence-electron chi connectivity index (χ2n) is 8.47. The number of allylic oxidation sites excluding steroid dienone is 12. The molecule has 0 aliphatic heterocycles. The average Bonchev–Trinajstić information content (AvgIpc) is 2.94. The van der Waals surface area contributed by atoms with Crippen molar-refractivity contribution in [3.63, 3.8) is 0 Å². The van der Waals surface area contributed by atoms with E-state index in [0.29, 0.717) is 30.9 Å². The van der Waals surface area contributed by atoms with Crippen molar-refractivity contribution < 1.29 is 29.7 Å². The van der Waals surface area contributed by atoms with Crippen LogP contribution in [-0.4, -0.2) is 69.9 Å². The van der Waals surface area contributed by atoms with Crippen LogP contribution in [-0.2, 0) is 14.4 Å². The molecule has 0 aliphatic carbocycles. The summed E-state index contributed by atoms with van der Waals surface area (Å²) in [6.07, 6.45) is 28.6. The number of nitrogens with one attached hydrogen (secondary N) is 2. The topological polar surface area (TPSA) is 136 Å². The Hall–Kier alpha value is -2.53. The van der Waals surface area contributed by atoms with Gasteiger partial charge in [-0.3, -0.25) is 9.59 Å². The van der Waals surface area contributed by atoms with E-state index in [1.807, 2.05) is 6.08 Å². The van der Waals surface area contributed by atoms with E-state index in [1.54, 1.807) is 0 Å². The minimum absolute atomic E-state index is 0.00312. The van der Waals surface area contributed by atoms with Crippen molar-refractivity contribution in [2.45, 2.75) is 70.5 Å². The number of aliphatic carboxylic acids is 1. The summed E-state index contributed by atoms with van der Waals surface area (Å²) in [5, 5.41) is 32.3. The molecule has 0 heterocycles. The van der Waals surface area contributed by atoms with Crippen LogP contribution < -0.4 is 10.6 Å². The molecule has 0 fully saturated rings. The predicted octanol–water partition coefficient (Wildman–Crippen LogP) is 4.88. The molecule has 0 aromatic rings. The van der Waals surface area contributed by atoms with Crippen LogP contribution >= 0.6 is 21.6 Å². The molecule has 0 aromatic carbocycles. The highest BCUT2D eigenvalue weighted by Crippen LogP contribution is 2.19. The third kappa shape index (κ3) is 24.5. The number of rotatable bonds is 24. The number of carbonyl (C=O) groups excluding carboxylic acids is 2. The van der Waals surface area contributed by atoms with E-state index in [2.05, 4.69) is 84.4 Å². The van der Waals surface area contributed by atoms with Crippen LogP contribution in [0, 0.1) is 0 Å². The number of carboxylic acid groups (broad SMARTS) is 1. The maximum absolute atomic E-state index is 11.9. The molecule has 0 spiro atoms. The average molecular weight is 595 g/mol. The zero-order valence-corrected chi connectivity index (χ0v) is 25.1. The van der Waals surface area contributed by atoms with E-state index in [1.165, 1.54) is 21.6 Å². The molecule has 224 valence electrons. The fourth-order valence-corrected chi connectivity index (χ4v) is 4.70. The van der Waals surface area contributed by atoms with Crippen LogP contribution in [0.5, 0.6) is 0 Å². The Morgan fingerprint density at radius 2 is 1.07 bits per heavy atom. The van der Waals surface area contributed by atoms with E-state index in [0.717, 1.165) is 38.5 Å². The molecule has 0 unspecified atom stereocenters. The second-order valence-corrected chi connectivity index (χ2v) is 11.2. The normalized spacial score (nSPS) is 13.9. The molecule has 0 saturated heterocycles. The largest absolute Gasteiger partial charge is 0.479 e. The van der Waals surface area contributed by atoms with E-state index in [-0.39, 0.29) is 12.5 Å². The Labute approximate surface area is 247 Å². The molecular weight excluding hydrogens is 548 g/mol. The first kappa shape index (κ1) is 37.5. The van der Waals surface area contributed by atoms with Gasteiger partial charge in [-0.15, -0.1) is 0 Å². The Balaban J connectivity index is 3.61. The molecule has 10 heteroatoms. The number of hydrogen-bond donors (Lipinski definition) is 5. The molecule has 5 N–H and O–H groups in total. The van der Waals surface area contributed by atoms with Gasteiger partial charge < -0.3 is 26.0 Å². The Morgan fingerprint density at radius 1 is 0.650 bits per heavy atom. The summed E-state index contributed by atoms with van der Waals surface area (Å²) in [5.41, 5.74) is 0. The summed E-state index contributed by atoms with van der Waals surface area (Å²) >= 11 is 0. The molecule has 2 amide bonds. The molecule has 0 aromatic heterocycles. The lowest BCUT2D eigenvalue weighted by atomic mass is 10.2. The monoisotopic (exact) mass is 594 g/mol. The number of hydrogen-bond acceptors (Lipinski definition) is 7. The summed E-state index contributed by atoms with van der Waals surface area (Å²) in [6, 6.07) is 0. The molecule has 0 rings (SSSR count). The first-order valence-electron chi connectivity index (χ1n) is 13.7. The molecule has 0 saturated carbocycles. The Kier molecular flexibility index (Phi) is 26.2. The molecule has 0 radical (unpaired) electrons. The van der Waals surface area contributed by atoms with E-state index in [4.69, 9.17) is 10.2 Å². The lowest BCUT2D eigenvalue weighted by Gasteiger charge is -2.13. The van der Waals surface area contributed by atoms with Crippen LogP contribution in [0.25, 0.3) is 0 Å². The highest BCUT2D eigenvalue weighted by atomic mass is 33.1. The molecule has 0 bridgehead atoms. The summed E-state index contributed by atoms with van der Waals surface area (Å²) in [4.78, 5) is 33.9. The molecule has 2 atom stereocenters. The molecule has 40 heavy (non-hydrogen) atoms. The van der Waals surface area contributed by atoms with Gasteiger partial charge in [0.2, 0.25) is 5.91 Å². The van der Waals surface area contributed by atoms with Crippen LogP contribution in [0.15, 0.2) is 72.9 Å². The maximum Gasteiger partial charge on any atom is 0.335 e. The summed E-state index contributed by atoms with van der Waals surface area (Å²) in [7, 11) is 3.01. The van der Waals surface area contributed by atoms with Crippen molar-refractivity contribution in [3.05, 3.63) is 72.9 Å². The predicted molar refractivity (Wildman–Crippen MR) is 168 cm³/mol. The zero-order chi connectivity index (χ0) is 29.7. The number of carboxylic acids is 1. The molecule has 0 aliphatic rings. The van der Waals surface area contributed by atoms with E-state index in [9.17, 15) is 19.5 Å². The van der Waals surface area contributed by atoms with Crippen molar-refractivity contribution >= 4 is 39.4 Å². The van der Waals surface area contributed by atoms with Gasteiger partial charge in [0.15, 0.2) is 12.2 Å². The fourth-order valence-electron chi connectivity index (χ4n) is 2.89. The van der Waals surface area contributed by atoms with Gasteiger partial charge in [-0.05, 0) is 44.9 Å². The highest BCUT2D eigenvalue weighted by Gasteiger charge is 2.29. The van der Waals surface area contributed by atoms with Crippen LogP contribution in [0.4, 0.5) is 0 Å². The second kappa shape index (κ2) is 28.0. The maximum atomic E-state index is 11.9. The summed E-state index contributed by atoms with van der Waals surface area (Å²) in [5.74, 6) is -1.36. The first-order valence-corrected chi connectivity index (χ1v) is 16.2. The van der Waals surface area contributed by atoms with Crippen LogP contribution in [0.2, 0.25) is 0 Å². The number of aliphatic hydroxyl groups is 2. The van der Waals surface area contributed by atoms with E-state index < -0.39 is 24.1 Å². The first-order chi connectivity index (χ1) is 19.4. The smallest absolute Gasteiger partial charge is 0.335 e. The molecular formula is C30H46N2O6S2. The third-order valence-electron chi connectivity index (χ3n) is 5.03. The summed E-state index contributed by atoms with van der Waals surface area (Å²) in [6.45, 7) is 2.90. The number of aliphatic hydroxyl groups excluding tert-OH is 2. The molecule has 8 nitrogen and oxygen atoms in total. The fraction of sp³-hybridized carbons (Fsp3) is 0.500. The highest BCUT2D eigenvalue weighted by molar-refractivity contribution is 8.76. The van der Waals surface area contributed by atoms with Crippen molar-refractivity contribution in [1.82, 2.24) is 10.6 Å². The quantitative estimate of drug-likeness (QED) is 0.0606. The van der Waals surface area contributed by atoms with Gasteiger partial charge in [0.05, 0.1) is 0 Å². The number of carbonyl (C=O) groups is 3. The van der Waals surface area contributed by atoms with Gasteiger partial charge in [-0.25, -0.2) is 4.79 Å². The zero-order valence-electron chi connectivity index (χ0n) is 23.5. The van der Waals surface area contributed by atoms with E-state index >= 15 is 0 Å². The third-order valence-corrected chi connectivity index (χ3v) is 7.44. The van der Waals surface area contributed by atoms with Gasteiger partial charge in [0, 0.05) is 31.0 Å². The van der Waals surface area contributed by atoms with Gasteiger partial charge in [-0.2, -0.15) is 0 Å². The van der Waals surface area contributed by atoms with Crippen molar-refractivity contribution in [2.24, 2.45) is 0 Å². The standard InChI is InChI=1S/C30H46N2O6S2/c1-2-3-4-5-6-7-8-9-10-11-12-13-14-15-16-17-18-19-20-21-26(33)31-22-24-39-40-25-23-32-29(36)27(34)28(35)30(37)38/h3-4,6-7,9-10,12-13,15-16,18-19,27-28,34-35H,2,5,8,11,14,17,20-25H2,1H3,(H,31,33)(H,32,36)(H,37,38)/t27-,28-/m1/s1. The summed E-state index contributed by atoms with van der Waals surface area (Å²) < 4.78 is 0. The minimum atomic E-state index is -2.15. The Bertz CT molecular complexity index is 868. The van der Waals surface area contributed by atoms with Gasteiger partial charge in [0.25, 0.3) is 5.91 Å². The van der Waals surface area contributed by atoms with Crippen molar-refractivity contribution in [3.8, 4) is 0 Å². The Morgan fingerprint density at radius 3 is 1.52 bits per heavy atom. The van der Waals surface area contributed by atoms with Gasteiger partial charge in [-0.1, -0.05) is 101 Å². The van der Waals surface area contributed by atoms with Crippen molar-refractivity contribution in [2.75, 3.05) is 24.6 Å². The van der Waals surface area contributed by atoms with Gasteiger partial charge >= 0.3 is 5.97 Å². The lowest BCUT2D eigenvalue weighted by Crippen LogP contribution is -2.46. The van der Waals surface area contributed by atoms with Crippen LogP contribution in [0.1, 0.15) is 58.3 Å². The van der Waals surface area contributed by atoms with Gasteiger partial charge in [0.1, 0.15) is 0 Å². The lowest BCUT2D eigenvalue weighted by molar-refractivity contribution is -0.158. The SMILES string of the molecule is CCC=CCC=CCC=CCC=CCC=CCC=CCCC(=O)NCCSSCCNC(=O)[C@H](O)[C@@H](O)C(=O)O.